The van der Waals surface area contributed by atoms with E-state index in [4.69, 9.17) is 32.5 Å². The predicted molar refractivity (Wildman–Crippen MR) is 128 cm³/mol. The standard InChI is InChI=1S/C25H29Cl2N3O3/c1-24(2,3)32-23(31)30-8-6-25(7-9-30)11-15(12-25)10-17-21(29-33-22(17)16-4-5-16)20-18(26)13-28-14-19(20)27/h10,13-14,16H,4-9,11-12H2,1-3H3. The Morgan fingerprint density at radius 3 is 2.39 bits per heavy atom. The van der Waals surface area contributed by atoms with Crippen molar-refractivity contribution in [3.8, 4) is 11.3 Å². The first kappa shape index (κ1) is 22.7. The van der Waals surface area contributed by atoms with E-state index in [2.05, 4.69) is 16.2 Å². The molecule has 5 rings (SSSR count). The third kappa shape index (κ3) is 4.65. The lowest BCUT2D eigenvalue weighted by Crippen LogP contribution is -2.47. The Bertz CT molecular complexity index is 1080. The van der Waals surface area contributed by atoms with Gasteiger partial charge in [-0.05, 0) is 70.8 Å². The van der Waals surface area contributed by atoms with Crippen LogP contribution in [0.5, 0.6) is 0 Å². The molecule has 0 radical (unpaired) electrons. The molecule has 1 spiro atoms. The second kappa shape index (κ2) is 8.31. The number of hydrogen-bond donors (Lipinski definition) is 0. The Kier molecular flexibility index (Phi) is 5.73. The highest BCUT2D eigenvalue weighted by atomic mass is 35.5. The zero-order valence-corrected chi connectivity index (χ0v) is 20.8. The van der Waals surface area contributed by atoms with E-state index in [1.54, 1.807) is 12.4 Å². The second-order valence-corrected chi connectivity index (χ2v) is 11.5. The van der Waals surface area contributed by atoms with Crippen LogP contribution in [0.4, 0.5) is 4.79 Å². The van der Waals surface area contributed by atoms with Gasteiger partial charge in [0.2, 0.25) is 0 Å². The van der Waals surface area contributed by atoms with Crippen LogP contribution in [0.15, 0.2) is 22.5 Å². The van der Waals surface area contributed by atoms with Gasteiger partial charge in [0.05, 0.1) is 10.0 Å². The third-order valence-electron chi connectivity index (χ3n) is 6.82. The summed E-state index contributed by atoms with van der Waals surface area (Å²) in [6.07, 6.45) is 11.5. The Morgan fingerprint density at radius 1 is 1.18 bits per heavy atom. The SMILES string of the molecule is CC(C)(C)OC(=O)N1CCC2(CC1)CC(=Cc1c(-c3c(Cl)cncc3Cl)noc1C1CC1)C2. The maximum absolute atomic E-state index is 12.4. The minimum Gasteiger partial charge on any atom is -0.444 e. The molecule has 2 aromatic heterocycles. The fourth-order valence-electron chi connectivity index (χ4n) is 4.97. The van der Waals surface area contributed by atoms with Crippen molar-refractivity contribution in [1.82, 2.24) is 15.0 Å². The lowest BCUT2D eigenvalue weighted by molar-refractivity contribution is 0.00448. The van der Waals surface area contributed by atoms with E-state index in [-0.39, 0.29) is 11.5 Å². The quantitative estimate of drug-likeness (QED) is 0.458. The maximum Gasteiger partial charge on any atom is 0.410 e. The van der Waals surface area contributed by atoms with Gasteiger partial charge in [0.1, 0.15) is 17.1 Å². The largest absolute Gasteiger partial charge is 0.444 e. The van der Waals surface area contributed by atoms with Gasteiger partial charge in [-0.25, -0.2) is 4.79 Å². The number of allylic oxidation sites excluding steroid dienone is 1. The summed E-state index contributed by atoms with van der Waals surface area (Å²) in [6, 6.07) is 0. The van der Waals surface area contributed by atoms with E-state index in [0.29, 0.717) is 27.2 Å². The molecule has 176 valence electrons. The Morgan fingerprint density at radius 2 is 1.82 bits per heavy atom. The van der Waals surface area contributed by atoms with Crippen molar-refractivity contribution in [3.05, 3.63) is 39.3 Å². The van der Waals surface area contributed by atoms with Crippen LogP contribution in [0.2, 0.25) is 10.0 Å². The van der Waals surface area contributed by atoms with Gasteiger partial charge in [0.25, 0.3) is 0 Å². The first-order valence-corrected chi connectivity index (χ1v) is 12.4. The molecule has 8 heteroatoms. The number of amides is 1. The lowest BCUT2D eigenvalue weighted by Gasteiger charge is -2.49. The van der Waals surface area contributed by atoms with Crippen molar-refractivity contribution in [3.63, 3.8) is 0 Å². The molecule has 1 amide bonds. The number of likely N-dealkylation sites (tertiary alicyclic amines) is 1. The zero-order chi connectivity index (χ0) is 23.4. The van der Waals surface area contributed by atoms with Crippen LogP contribution in [0.1, 0.15) is 76.5 Å². The Balaban J connectivity index is 1.32. The number of aromatic nitrogens is 2. The number of pyridine rings is 1. The third-order valence-corrected chi connectivity index (χ3v) is 7.40. The van der Waals surface area contributed by atoms with Gasteiger partial charge in [-0.3, -0.25) is 4.98 Å². The number of piperidine rings is 1. The molecular formula is C25H29Cl2N3O3. The topological polar surface area (TPSA) is 68.5 Å². The van der Waals surface area contributed by atoms with Crippen LogP contribution in [0.25, 0.3) is 17.3 Å². The summed E-state index contributed by atoms with van der Waals surface area (Å²) in [4.78, 5) is 18.3. The molecule has 0 bridgehead atoms. The van der Waals surface area contributed by atoms with Gasteiger partial charge in [0, 0.05) is 42.5 Å². The average Bonchev–Trinajstić information content (AvgIpc) is 3.48. The number of ether oxygens (including phenoxy) is 1. The summed E-state index contributed by atoms with van der Waals surface area (Å²) in [5.41, 5.74) is 3.57. The lowest BCUT2D eigenvalue weighted by atomic mass is 9.60. The van der Waals surface area contributed by atoms with Gasteiger partial charge in [-0.2, -0.15) is 0 Å². The van der Waals surface area contributed by atoms with Crippen molar-refractivity contribution in [1.29, 1.82) is 0 Å². The number of carbonyl (C=O) groups excluding carboxylic acids is 1. The highest BCUT2D eigenvalue weighted by Gasteiger charge is 2.44. The minimum absolute atomic E-state index is 0.207. The second-order valence-electron chi connectivity index (χ2n) is 10.7. The molecule has 1 aliphatic heterocycles. The zero-order valence-electron chi connectivity index (χ0n) is 19.3. The highest BCUT2D eigenvalue weighted by Crippen LogP contribution is 2.54. The molecule has 6 nitrogen and oxygen atoms in total. The van der Waals surface area contributed by atoms with Crippen LogP contribution in [0, 0.1) is 5.41 Å². The number of hydrogen-bond acceptors (Lipinski definition) is 5. The summed E-state index contributed by atoms with van der Waals surface area (Å²) < 4.78 is 11.3. The molecule has 3 heterocycles. The van der Waals surface area contributed by atoms with Crippen LogP contribution in [0.3, 0.4) is 0 Å². The van der Waals surface area contributed by atoms with Crippen molar-refractivity contribution >= 4 is 35.4 Å². The van der Waals surface area contributed by atoms with Crippen molar-refractivity contribution in [2.24, 2.45) is 5.41 Å². The summed E-state index contributed by atoms with van der Waals surface area (Å²) in [5, 5.41) is 5.31. The average molecular weight is 490 g/mol. The molecule has 3 aliphatic rings. The molecule has 1 saturated heterocycles. The predicted octanol–water partition coefficient (Wildman–Crippen LogP) is 7.12. The monoisotopic (exact) mass is 489 g/mol. The maximum atomic E-state index is 12.4. The number of halogens is 2. The number of rotatable bonds is 3. The van der Waals surface area contributed by atoms with Gasteiger partial charge < -0.3 is 14.2 Å². The van der Waals surface area contributed by atoms with E-state index < -0.39 is 5.60 Å². The van der Waals surface area contributed by atoms with Crippen molar-refractivity contribution < 1.29 is 14.1 Å². The van der Waals surface area contributed by atoms with Crippen LogP contribution in [-0.4, -0.2) is 39.8 Å². The van der Waals surface area contributed by atoms with Gasteiger partial charge in [-0.15, -0.1) is 0 Å². The molecule has 2 aromatic rings. The van der Waals surface area contributed by atoms with E-state index in [9.17, 15) is 4.79 Å². The van der Waals surface area contributed by atoms with Gasteiger partial charge >= 0.3 is 6.09 Å². The first-order valence-electron chi connectivity index (χ1n) is 11.6. The first-order chi connectivity index (χ1) is 15.6. The molecule has 2 saturated carbocycles. The van der Waals surface area contributed by atoms with Gasteiger partial charge in [-0.1, -0.05) is 33.9 Å². The van der Waals surface area contributed by atoms with E-state index in [1.807, 2.05) is 25.7 Å². The molecule has 2 aliphatic carbocycles. The van der Waals surface area contributed by atoms with Gasteiger partial charge in [0.15, 0.2) is 0 Å². The fraction of sp³-hybridized carbons (Fsp3) is 0.560. The summed E-state index contributed by atoms with van der Waals surface area (Å²) >= 11 is 12.9. The van der Waals surface area contributed by atoms with Crippen molar-refractivity contribution in [2.45, 2.75) is 70.8 Å². The highest BCUT2D eigenvalue weighted by molar-refractivity contribution is 6.39. The summed E-state index contributed by atoms with van der Waals surface area (Å²) in [7, 11) is 0. The van der Waals surface area contributed by atoms with Crippen LogP contribution < -0.4 is 0 Å². The molecule has 33 heavy (non-hydrogen) atoms. The molecular weight excluding hydrogens is 461 g/mol. The molecule has 0 aromatic carbocycles. The minimum atomic E-state index is -0.463. The van der Waals surface area contributed by atoms with E-state index in [1.165, 1.54) is 5.57 Å². The normalized spacial score (nSPS) is 20.0. The summed E-state index contributed by atoms with van der Waals surface area (Å²) in [5.74, 6) is 1.35. The molecule has 0 N–H and O–H groups in total. The van der Waals surface area contributed by atoms with Crippen LogP contribution in [-0.2, 0) is 4.74 Å². The smallest absolute Gasteiger partial charge is 0.410 e. The number of carbonyl (C=O) groups is 1. The fourth-order valence-corrected chi connectivity index (χ4v) is 5.51. The number of nitrogens with zero attached hydrogens (tertiary/aromatic N) is 3. The van der Waals surface area contributed by atoms with E-state index >= 15 is 0 Å². The Hall–Kier alpha value is -2.05. The Labute approximate surface area is 204 Å². The molecule has 0 atom stereocenters. The van der Waals surface area contributed by atoms with Crippen molar-refractivity contribution in [2.75, 3.05) is 13.1 Å². The summed E-state index contributed by atoms with van der Waals surface area (Å²) in [6.45, 7) is 7.20. The molecule has 3 fully saturated rings. The molecule has 0 unspecified atom stereocenters. The van der Waals surface area contributed by atoms with Crippen LogP contribution >= 0.6 is 23.2 Å². The van der Waals surface area contributed by atoms with E-state index in [0.717, 1.165) is 62.9 Å².